The third-order valence-electron chi connectivity index (χ3n) is 3.23. The van der Waals surface area contributed by atoms with Crippen LogP contribution in [0.25, 0.3) is 0 Å². The van der Waals surface area contributed by atoms with E-state index in [4.69, 9.17) is 0 Å². The van der Waals surface area contributed by atoms with E-state index in [1.165, 1.54) is 6.07 Å². The second kappa shape index (κ2) is 6.09. The number of aryl methyl sites for hydroxylation is 2. The summed E-state index contributed by atoms with van der Waals surface area (Å²) in [7, 11) is 1.75. The highest BCUT2D eigenvalue weighted by atomic mass is 19.1. The number of nitrogens with zero attached hydrogens (tertiary/aromatic N) is 3. The van der Waals surface area contributed by atoms with Crippen molar-refractivity contribution in [2.45, 2.75) is 26.3 Å². The fourth-order valence-corrected chi connectivity index (χ4v) is 2.12. The van der Waals surface area contributed by atoms with Crippen molar-refractivity contribution in [2.24, 2.45) is 7.05 Å². The highest BCUT2D eigenvalue weighted by molar-refractivity contribution is 5.32. The maximum absolute atomic E-state index is 14.1. The smallest absolute Gasteiger partial charge is 0.131 e. The second-order valence-electron chi connectivity index (χ2n) is 4.79. The summed E-state index contributed by atoms with van der Waals surface area (Å²) in [5, 5.41) is 10.9. The van der Waals surface area contributed by atoms with Gasteiger partial charge in [0.1, 0.15) is 11.6 Å². The molecule has 2 aromatic rings. The van der Waals surface area contributed by atoms with Crippen molar-refractivity contribution in [3.63, 3.8) is 0 Å². The molecule has 0 fully saturated rings. The van der Waals surface area contributed by atoms with Gasteiger partial charge in [-0.3, -0.25) is 4.68 Å². The molecule has 0 saturated carbocycles. The second-order valence-corrected chi connectivity index (χ2v) is 4.79. The molecule has 0 radical (unpaired) electrons. The minimum Gasteiger partial charge on any atom is -0.305 e. The molecule has 0 saturated heterocycles. The van der Waals surface area contributed by atoms with E-state index in [2.05, 4.69) is 15.6 Å². The Morgan fingerprint density at radius 1 is 1.30 bits per heavy atom. The quantitative estimate of drug-likeness (QED) is 0.915. The minimum absolute atomic E-state index is 0.394. The van der Waals surface area contributed by atoms with Crippen LogP contribution in [0, 0.1) is 18.6 Å². The molecular formula is C14H18F2N4. The van der Waals surface area contributed by atoms with Crippen molar-refractivity contribution in [3.8, 4) is 0 Å². The van der Waals surface area contributed by atoms with Crippen LogP contribution in [0.1, 0.15) is 36.2 Å². The van der Waals surface area contributed by atoms with Crippen molar-refractivity contribution in [1.82, 2.24) is 20.3 Å². The molecule has 2 rings (SSSR count). The molecule has 20 heavy (non-hydrogen) atoms. The Hall–Kier alpha value is -1.82. The van der Waals surface area contributed by atoms with Gasteiger partial charge in [0.2, 0.25) is 0 Å². The van der Waals surface area contributed by atoms with Gasteiger partial charge in [-0.25, -0.2) is 8.78 Å². The van der Waals surface area contributed by atoms with Crippen LogP contribution in [-0.2, 0) is 7.05 Å². The number of hydrogen-bond donors (Lipinski definition) is 1. The zero-order valence-corrected chi connectivity index (χ0v) is 11.8. The molecular weight excluding hydrogens is 262 g/mol. The predicted molar refractivity (Wildman–Crippen MR) is 72.2 cm³/mol. The van der Waals surface area contributed by atoms with E-state index in [0.717, 1.165) is 18.2 Å². The van der Waals surface area contributed by atoms with Crippen molar-refractivity contribution in [1.29, 1.82) is 0 Å². The van der Waals surface area contributed by atoms with Gasteiger partial charge in [-0.15, -0.1) is 5.10 Å². The van der Waals surface area contributed by atoms with Crippen LogP contribution in [0.3, 0.4) is 0 Å². The number of rotatable bonds is 5. The Kier molecular flexibility index (Phi) is 4.44. The van der Waals surface area contributed by atoms with Gasteiger partial charge in [-0.05, 0) is 31.5 Å². The molecule has 0 bridgehead atoms. The fourth-order valence-electron chi connectivity index (χ4n) is 2.12. The van der Waals surface area contributed by atoms with E-state index in [9.17, 15) is 8.78 Å². The first kappa shape index (κ1) is 14.6. The van der Waals surface area contributed by atoms with E-state index >= 15 is 0 Å². The molecule has 4 nitrogen and oxygen atoms in total. The highest BCUT2D eigenvalue weighted by Crippen LogP contribution is 2.25. The molecule has 0 aliphatic rings. The van der Waals surface area contributed by atoms with Crippen LogP contribution < -0.4 is 5.32 Å². The van der Waals surface area contributed by atoms with Crippen molar-refractivity contribution >= 4 is 0 Å². The van der Waals surface area contributed by atoms with Gasteiger partial charge in [0.25, 0.3) is 0 Å². The van der Waals surface area contributed by atoms with E-state index in [0.29, 0.717) is 17.7 Å². The lowest BCUT2D eigenvalue weighted by Crippen LogP contribution is -2.26. The predicted octanol–water partition coefficient (Wildman–Crippen LogP) is 2.49. The van der Waals surface area contributed by atoms with Crippen LogP contribution in [0.5, 0.6) is 0 Å². The molecule has 6 heteroatoms. The monoisotopic (exact) mass is 280 g/mol. The van der Waals surface area contributed by atoms with Gasteiger partial charge in [0.15, 0.2) is 0 Å². The first-order valence-corrected chi connectivity index (χ1v) is 6.58. The molecule has 1 unspecified atom stereocenters. The zero-order chi connectivity index (χ0) is 14.7. The Labute approximate surface area is 116 Å². The molecule has 108 valence electrons. The third-order valence-corrected chi connectivity index (χ3v) is 3.23. The summed E-state index contributed by atoms with van der Waals surface area (Å²) in [6.07, 6.45) is 2.50. The van der Waals surface area contributed by atoms with Crippen molar-refractivity contribution < 1.29 is 8.78 Å². The molecule has 0 aliphatic carbocycles. The molecule has 0 spiro atoms. The Bertz CT molecular complexity index is 595. The largest absolute Gasteiger partial charge is 0.305 e. The van der Waals surface area contributed by atoms with Crippen LogP contribution >= 0.6 is 0 Å². The number of benzene rings is 1. The molecule has 0 aliphatic heterocycles. The number of hydrogen-bond acceptors (Lipinski definition) is 3. The van der Waals surface area contributed by atoms with Crippen LogP contribution in [0.15, 0.2) is 18.3 Å². The van der Waals surface area contributed by atoms with Crippen LogP contribution in [0.2, 0.25) is 0 Å². The van der Waals surface area contributed by atoms with Crippen LogP contribution in [0.4, 0.5) is 8.78 Å². The number of halogens is 2. The van der Waals surface area contributed by atoms with E-state index < -0.39 is 17.7 Å². The van der Waals surface area contributed by atoms with Crippen molar-refractivity contribution in [2.75, 3.05) is 6.54 Å². The molecule has 1 aromatic carbocycles. The lowest BCUT2D eigenvalue weighted by Gasteiger charge is -2.20. The van der Waals surface area contributed by atoms with Gasteiger partial charge in [-0.2, -0.15) is 0 Å². The molecule has 1 heterocycles. The number of nitrogens with one attached hydrogen (secondary N) is 1. The zero-order valence-electron chi connectivity index (χ0n) is 11.8. The van der Waals surface area contributed by atoms with Gasteiger partial charge in [0.05, 0.1) is 17.9 Å². The Morgan fingerprint density at radius 3 is 2.65 bits per heavy atom. The van der Waals surface area contributed by atoms with Gasteiger partial charge in [0, 0.05) is 18.7 Å². The van der Waals surface area contributed by atoms with E-state index in [1.54, 1.807) is 24.9 Å². The molecule has 0 amide bonds. The summed E-state index contributed by atoms with van der Waals surface area (Å²) < 4.78 is 29.1. The third kappa shape index (κ3) is 2.85. The summed E-state index contributed by atoms with van der Waals surface area (Å²) >= 11 is 0. The molecule has 1 aromatic heterocycles. The van der Waals surface area contributed by atoms with Gasteiger partial charge in [-0.1, -0.05) is 12.1 Å². The highest BCUT2D eigenvalue weighted by Gasteiger charge is 2.22. The van der Waals surface area contributed by atoms with E-state index in [1.807, 2.05) is 6.92 Å². The van der Waals surface area contributed by atoms with E-state index in [-0.39, 0.29) is 0 Å². The normalized spacial score (nSPS) is 12.7. The SMILES string of the molecule is CCCNC(c1cc(C)c(F)cc1F)c1cnnn1C. The maximum atomic E-state index is 14.1. The Balaban J connectivity index is 2.46. The summed E-state index contributed by atoms with van der Waals surface area (Å²) in [6, 6.07) is 2.06. The van der Waals surface area contributed by atoms with Crippen LogP contribution in [-0.4, -0.2) is 21.5 Å². The topological polar surface area (TPSA) is 42.7 Å². The van der Waals surface area contributed by atoms with Gasteiger partial charge >= 0.3 is 0 Å². The summed E-state index contributed by atoms with van der Waals surface area (Å²) in [5.41, 5.74) is 1.56. The van der Waals surface area contributed by atoms with Gasteiger partial charge < -0.3 is 5.32 Å². The molecule has 1 atom stereocenters. The number of aromatic nitrogens is 3. The molecule has 1 N–H and O–H groups in total. The minimum atomic E-state index is -0.567. The average molecular weight is 280 g/mol. The van der Waals surface area contributed by atoms with Crippen molar-refractivity contribution in [3.05, 3.63) is 46.8 Å². The summed E-state index contributed by atoms with van der Waals surface area (Å²) in [5.74, 6) is -1.11. The lowest BCUT2D eigenvalue weighted by molar-refractivity contribution is 0.509. The first-order chi connectivity index (χ1) is 9.54. The standard InChI is InChI=1S/C14H18F2N4/c1-4-5-17-14(13-8-18-19-20(13)3)10-6-9(2)11(15)7-12(10)16/h6-8,14,17H,4-5H2,1-3H3. The summed E-state index contributed by atoms with van der Waals surface area (Å²) in [4.78, 5) is 0. The average Bonchev–Trinajstić information content (AvgIpc) is 2.82. The fraction of sp³-hybridized carbons (Fsp3) is 0.429. The summed E-state index contributed by atoms with van der Waals surface area (Å²) in [6.45, 7) is 4.36. The maximum Gasteiger partial charge on any atom is 0.131 e. The lowest BCUT2D eigenvalue weighted by atomic mass is 10.0. The Morgan fingerprint density at radius 2 is 2.05 bits per heavy atom. The first-order valence-electron chi connectivity index (χ1n) is 6.58.